The summed E-state index contributed by atoms with van der Waals surface area (Å²) in [5, 5.41) is 0. The lowest BCUT2D eigenvalue weighted by Gasteiger charge is -2.15. The third-order valence-electron chi connectivity index (χ3n) is 9.97. The summed E-state index contributed by atoms with van der Waals surface area (Å²) >= 11 is 8.13. The third-order valence-corrected chi connectivity index (χ3v) is 14.7. The highest BCUT2D eigenvalue weighted by Gasteiger charge is 2.20. The summed E-state index contributed by atoms with van der Waals surface area (Å²) in [5.41, 5.74) is 5.67. The van der Waals surface area contributed by atoms with E-state index >= 15 is 0 Å². The normalized spacial score (nSPS) is 11.6. The average molecular weight is 743 g/mol. The van der Waals surface area contributed by atoms with Crippen LogP contribution in [0.3, 0.4) is 0 Å². The van der Waals surface area contributed by atoms with Gasteiger partial charge in [0.2, 0.25) is 0 Å². The molecular formula is C46H62S4. The molecule has 5 rings (SSSR count). The van der Waals surface area contributed by atoms with Crippen LogP contribution in [0.2, 0.25) is 0 Å². The van der Waals surface area contributed by atoms with E-state index in [-0.39, 0.29) is 0 Å². The molecule has 0 saturated carbocycles. The second-order valence-corrected chi connectivity index (χ2v) is 18.9. The van der Waals surface area contributed by atoms with E-state index < -0.39 is 0 Å². The molecule has 0 fully saturated rings. The fourth-order valence-electron chi connectivity index (χ4n) is 6.95. The number of hydrogen-bond acceptors (Lipinski definition) is 4. The van der Waals surface area contributed by atoms with Crippen molar-refractivity contribution in [2.45, 2.75) is 156 Å². The summed E-state index contributed by atoms with van der Waals surface area (Å²) in [6.07, 6.45) is 25.9. The predicted octanol–water partition coefficient (Wildman–Crippen LogP) is 17.1. The van der Waals surface area contributed by atoms with Gasteiger partial charge >= 0.3 is 0 Å². The van der Waals surface area contributed by atoms with Crippen LogP contribution in [0.5, 0.6) is 0 Å². The monoisotopic (exact) mass is 742 g/mol. The van der Waals surface area contributed by atoms with Gasteiger partial charge in [0.25, 0.3) is 0 Å². The first-order chi connectivity index (χ1) is 24.6. The summed E-state index contributed by atoms with van der Waals surface area (Å²) in [6, 6.07) is 24.5. The fourth-order valence-corrected chi connectivity index (χ4v) is 11.3. The first kappa shape index (κ1) is 39.2. The summed E-state index contributed by atoms with van der Waals surface area (Å²) < 4.78 is 0. The molecular weight excluding hydrogens is 681 g/mol. The Balaban J connectivity index is 1.56. The van der Waals surface area contributed by atoms with Crippen molar-refractivity contribution in [3.05, 3.63) is 80.2 Å². The maximum Gasteiger partial charge on any atom is 0.0352 e. The van der Waals surface area contributed by atoms with Gasteiger partial charge in [-0.1, -0.05) is 105 Å². The van der Waals surface area contributed by atoms with Crippen LogP contribution in [0.25, 0.3) is 41.8 Å². The van der Waals surface area contributed by atoms with Crippen LogP contribution < -0.4 is 0 Å². The van der Waals surface area contributed by atoms with Crippen molar-refractivity contribution in [3.63, 3.8) is 0 Å². The molecule has 4 heteroatoms. The zero-order valence-corrected chi connectivity index (χ0v) is 34.8. The van der Waals surface area contributed by atoms with Crippen LogP contribution >= 0.6 is 45.3 Å². The van der Waals surface area contributed by atoms with Gasteiger partial charge in [0.05, 0.1) is 0 Å². The Morgan fingerprint density at radius 3 is 0.760 bits per heavy atom. The molecule has 0 N–H and O–H groups in total. The Morgan fingerprint density at radius 1 is 0.300 bits per heavy atom. The second kappa shape index (κ2) is 21.5. The Kier molecular flexibility index (Phi) is 16.9. The van der Waals surface area contributed by atoms with Crippen LogP contribution in [0.1, 0.15) is 150 Å². The molecule has 0 aliphatic heterocycles. The molecule has 0 radical (unpaired) electrons. The van der Waals surface area contributed by atoms with Gasteiger partial charge in [-0.2, -0.15) is 0 Å². The van der Waals surface area contributed by atoms with Crippen molar-refractivity contribution in [2.24, 2.45) is 0 Å². The van der Waals surface area contributed by atoms with Crippen LogP contribution in [-0.2, 0) is 25.7 Å². The van der Waals surface area contributed by atoms with Crippen molar-refractivity contribution < 1.29 is 0 Å². The molecule has 0 nitrogen and oxygen atoms in total. The first-order valence-corrected chi connectivity index (χ1v) is 23.4. The summed E-state index contributed by atoms with van der Waals surface area (Å²) in [6.45, 7) is 9.23. The molecule has 4 aromatic heterocycles. The average Bonchev–Trinajstić information content (AvgIpc) is 3.97. The van der Waals surface area contributed by atoms with E-state index in [0.29, 0.717) is 0 Å². The highest BCUT2D eigenvalue weighted by Crippen LogP contribution is 2.48. The Morgan fingerprint density at radius 2 is 0.540 bits per heavy atom. The van der Waals surface area contributed by atoms with Crippen LogP contribution in [-0.4, -0.2) is 0 Å². The van der Waals surface area contributed by atoms with Crippen molar-refractivity contribution in [3.8, 4) is 41.8 Å². The van der Waals surface area contributed by atoms with Gasteiger partial charge in [-0.3, -0.25) is 0 Å². The van der Waals surface area contributed by atoms with E-state index in [9.17, 15) is 0 Å². The van der Waals surface area contributed by atoms with Crippen molar-refractivity contribution in [1.82, 2.24) is 0 Å². The van der Waals surface area contributed by atoms with E-state index in [4.69, 9.17) is 0 Å². The number of rotatable bonds is 24. The summed E-state index contributed by atoms with van der Waals surface area (Å²) in [7, 11) is 0. The quantitative estimate of drug-likeness (QED) is 0.0552. The van der Waals surface area contributed by atoms with Gasteiger partial charge in [0.15, 0.2) is 0 Å². The highest BCUT2D eigenvalue weighted by atomic mass is 32.1. The largest absolute Gasteiger partial charge is 0.140 e. The SMILES string of the molecule is CCCCCCc1ccc(-c2cc(-c3ccc(CCCCCC)s3)c(-c3ccc(CCCCCC)s3)cc2-c2ccc(CCCCCC)s2)s1. The van der Waals surface area contributed by atoms with E-state index in [0.717, 1.165) is 0 Å². The van der Waals surface area contributed by atoms with Crippen molar-refractivity contribution >= 4 is 45.3 Å². The minimum absolute atomic E-state index is 1.20. The van der Waals surface area contributed by atoms with E-state index in [1.54, 1.807) is 0 Å². The molecule has 0 saturated heterocycles. The van der Waals surface area contributed by atoms with Crippen molar-refractivity contribution in [2.75, 3.05) is 0 Å². The van der Waals surface area contributed by atoms with Crippen LogP contribution in [0.15, 0.2) is 60.7 Å². The van der Waals surface area contributed by atoms with E-state index in [1.807, 2.05) is 45.3 Å². The zero-order valence-electron chi connectivity index (χ0n) is 31.5. The number of thiophene rings is 4. The molecule has 0 bridgehead atoms. The third kappa shape index (κ3) is 11.5. The Bertz CT molecular complexity index is 1430. The van der Waals surface area contributed by atoms with Gasteiger partial charge in [-0.05, 0) is 112 Å². The van der Waals surface area contributed by atoms with Gasteiger partial charge in [0.1, 0.15) is 0 Å². The molecule has 0 aliphatic rings. The van der Waals surface area contributed by atoms with Gasteiger partial charge in [0, 0.05) is 61.3 Å². The zero-order chi connectivity index (χ0) is 35.0. The number of unbranched alkanes of at least 4 members (excludes halogenated alkanes) is 12. The molecule has 0 aliphatic carbocycles. The van der Waals surface area contributed by atoms with Gasteiger partial charge in [-0.15, -0.1) is 45.3 Å². The smallest absolute Gasteiger partial charge is 0.0352 e. The molecule has 270 valence electrons. The standard InChI is InChI=1S/C46H62S4/c1-5-9-13-17-21-35-25-29-43(47-35)39-33-41(45-31-27-37(49-45)23-19-15-11-7-3)42(46-32-28-38(50-46)24-20-16-12-8-4)34-40(39)44-30-26-36(48-44)22-18-14-10-6-2/h25-34H,5-24H2,1-4H3. The summed E-state index contributed by atoms with van der Waals surface area (Å²) in [5.74, 6) is 0. The molecule has 0 spiro atoms. The number of benzene rings is 1. The molecule has 5 aromatic rings. The second-order valence-electron chi connectivity index (χ2n) is 14.2. The number of hydrogen-bond donors (Lipinski definition) is 0. The highest BCUT2D eigenvalue weighted by molar-refractivity contribution is 7.17. The summed E-state index contributed by atoms with van der Waals surface area (Å²) in [4.78, 5) is 11.8. The molecule has 1 aromatic carbocycles. The molecule has 0 amide bonds. The lowest BCUT2D eigenvalue weighted by molar-refractivity contribution is 0.670. The van der Waals surface area contributed by atoms with E-state index in [1.165, 1.54) is 190 Å². The molecule has 50 heavy (non-hydrogen) atoms. The van der Waals surface area contributed by atoms with Crippen LogP contribution in [0, 0.1) is 0 Å². The number of aryl methyl sites for hydroxylation is 4. The molecule has 0 atom stereocenters. The topological polar surface area (TPSA) is 0 Å². The maximum absolute atomic E-state index is 2.59. The minimum atomic E-state index is 1.20. The van der Waals surface area contributed by atoms with E-state index in [2.05, 4.69) is 88.4 Å². The lowest BCUT2D eigenvalue weighted by atomic mass is 9.94. The lowest BCUT2D eigenvalue weighted by Crippen LogP contribution is -1.88. The van der Waals surface area contributed by atoms with Crippen molar-refractivity contribution in [1.29, 1.82) is 0 Å². The van der Waals surface area contributed by atoms with Gasteiger partial charge in [-0.25, -0.2) is 0 Å². The Hall–Kier alpha value is -1.98. The predicted molar refractivity (Wildman–Crippen MR) is 231 cm³/mol. The first-order valence-electron chi connectivity index (χ1n) is 20.2. The Labute approximate surface area is 321 Å². The molecule has 0 unspecified atom stereocenters. The van der Waals surface area contributed by atoms with Gasteiger partial charge < -0.3 is 0 Å². The maximum atomic E-state index is 2.59. The fraction of sp³-hybridized carbons (Fsp3) is 0.522. The van der Waals surface area contributed by atoms with Crippen LogP contribution in [0.4, 0.5) is 0 Å². The minimum Gasteiger partial charge on any atom is -0.140 e. The molecule has 4 heterocycles.